The van der Waals surface area contributed by atoms with Crippen LogP contribution in [-0.2, 0) is 16.0 Å². The largest absolute Gasteiger partial charge is 0.392 e. The quantitative estimate of drug-likeness (QED) is 0.576. The molecule has 7 nitrogen and oxygen atoms in total. The summed E-state index contributed by atoms with van der Waals surface area (Å²) >= 11 is 3.49. The summed E-state index contributed by atoms with van der Waals surface area (Å²) < 4.78 is 0. The lowest BCUT2D eigenvalue weighted by atomic mass is 9.53. The van der Waals surface area contributed by atoms with Crippen molar-refractivity contribution in [3.63, 3.8) is 0 Å². The third-order valence-electron chi connectivity index (χ3n) is 8.04. The number of aliphatic hydroxyl groups excluding tert-OH is 1. The van der Waals surface area contributed by atoms with Gasteiger partial charge in [0.1, 0.15) is 0 Å². The van der Waals surface area contributed by atoms with Crippen molar-refractivity contribution in [3.05, 3.63) is 10.6 Å². The van der Waals surface area contributed by atoms with Gasteiger partial charge in [-0.3, -0.25) is 14.9 Å². The van der Waals surface area contributed by atoms with E-state index in [-0.39, 0.29) is 40.9 Å². The zero-order valence-electron chi connectivity index (χ0n) is 20.5. The van der Waals surface area contributed by atoms with Crippen molar-refractivity contribution in [1.29, 1.82) is 0 Å². The third-order valence-corrected chi connectivity index (χ3v) is 9.97. The number of nitrogens with one attached hydrogen (secondary N) is 2. The SMILES string of the molecule is C[C@H](C(=O)N1CCSCC1)[C@@H]1CC[C@@]2(C)Cc3sc(NC(=O)C[NH+](C)C)nc3[C@@H](C)[C@@H]2[C@H]1O. The van der Waals surface area contributed by atoms with Crippen molar-refractivity contribution in [1.82, 2.24) is 9.88 Å². The second-order valence-electron chi connectivity index (χ2n) is 10.8. The van der Waals surface area contributed by atoms with E-state index in [0.717, 1.165) is 54.5 Å². The number of thiazole rings is 1. The van der Waals surface area contributed by atoms with Crippen LogP contribution in [0.15, 0.2) is 0 Å². The second-order valence-corrected chi connectivity index (χ2v) is 13.1. The fourth-order valence-electron chi connectivity index (χ4n) is 6.34. The fourth-order valence-corrected chi connectivity index (χ4v) is 8.52. The van der Waals surface area contributed by atoms with Gasteiger partial charge >= 0.3 is 0 Å². The zero-order valence-corrected chi connectivity index (χ0v) is 22.2. The molecule has 6 atom stereocenters. The molecule has 3 N–H and O–H groups in total. The molecule has 0 unspecified atom stereocenters. The van der Waals surface area contributed by atoms with Crippen molar-refractivity contribution >= 4 is 40.0 Å². The van der Waals surface area contributed by atoms with E-state index in [0.29, 0.717) is 11.7 Å². The molecule has 1 saturated heterocycles. The number of likely N-dealkylation sites (N-methyl/N-ethyl adjacent to an activating group) is 1. The molecule has 2 aliphatic carbocycles. The number of rotatable bonds is 5. The van der Waals surface area contributed by atoms with Gasteiger partial charge < -0.3 is 14.9 Å². The number of hydrogen-bond donors (Lipinski definition) is 3. The predicted octanol–water partition coefficient (Wildman–Crippen LogP) is 1.49. The molecule has 1 saturated carbocycles. The minimum Gasteiger partial charge on any atom is -0.392 e. The van der Waals surface area contributed by atoms with Crippen molar-refractivity contribution in [3.8, 4) is 0 Å². The van der Waals surface area contributed by atoms with Gasteiger partial charge in [0.2, 0.25) is 5.91 Å². The molecule has 1 aliphatic heterocycles. The summed E-state index contributed by atoms with van der Waals surface area (Å²) in [6, 6.07) is 0. The summed E-state index contributed by atoms with van der Waals surface area (Å²) in [5.41, 5.74) is 0.996. The van der Waals surface area contributed by atoms with Gasteiger partial charge in [-0.05, 0) is 36.5 Å². The topological polar surface area (TPSA) is 87.0 Å². The Hall–Kier alpha value is -1.16. The Morgan fingerprint density at radius 3 is 2.70 bits per heavy atom. The first-order chi connectivity index (χ1) is 15.6. The van der Waals surface area contributed by atoms with Crippen LogP contribution in [0.5, 0.6) is 0 Å². The number of aliphatic hydroxyl groups is 1. The number of anilines is 1. The molecule has 2 amide bonds. The lowest BCUT2D eigenvalue weighted by Crippen LogP contribution is -3.06. The van der Waals surface area contributed by atoms with Crippen molar-refractivity contribution in [2.45, 2.75) is 52.1 Å². The highest BCUT2D eigenvalue weighted by atomic mass is 32.2. The van der Waals surface area contributed by atoms with Gasteiger partial charge in [0.25, 0.3) is 5.91 Å². The van der Waals surface area contributed by atoms with Crippen LogP contribution in [0.25, 0.3) is 0 Å². The van der Waals surface area contributed by atoms with Crippen molar-refractivity contribution in [2.24, 2.45) is 23.2 Å². The number of carbonyl (C=O) groups excluding carboxylic acids is 2. The lowest BCUT2D eigenvalue weighted by molar-refractivity contribution is -0.849. The Morgan fingerprint density at radius 1 is 1.33 bits per heavy atom. The minimum atomic E-state index is -0.526. The van der Waals surface area contributed by atoms with E-state index in [2.05, 4.69) is 19.2 Å². The van der Waals surface area contributed by atoms with Crippen LogP contribution < -0.4 is 10.2 Å². The molecule has 3 aliphatic rings. The van der Waals surface area contributed by atoms with Crippen LogP contribution in [0.4, 0.5) is 5.13 Å². The molecule has 184 valence electrons. The molecule has 0 aromatic carbocycles. The summed E-state index contributed by atoms with van der Waals surface area (Å²) in [7, 11) is 3.90. The molecular formula is C24H39N4O3S2+. The third kappa shape index (κ3) is 4.97. The number of amides is 2. The minimum absolute atomic E-state index is 0.0185. The Balaban J connectivity index is 1.51. The van der Waals surface area contributed by atoms with Crippen LogP contribution >= 0.6 is 23.1 Å². The first-order valence-corrected chi connectivity index (χ1v) is 14.2. The van der Waals surface area contributed by atoms with Crippen LogP contribution in [-0.4, -0.2) is 78.1 Å². The van der Waals surface area contributed by atoms with E-state index in [1.165, 1.54) is 4.88 Å². The molecule has 0 radical (unpaired) electrons. The van der Waals surface area contributed by atoms with E-state index in [1.807, 2.05) is 37.7 Å². The molecule has 0 spiro atoms. The van der Waals surface area contributed by atoms with Gasteiger partial charge in [-0.1, -0.05) is 20.8 Å². The number of aromatic nitrogens is 1. The highest BCUT2D eigenvalue weighted by Crippen LogP contribution is 2.57. The maximum atomic E-state index is 13.2. The highest BCUT2D eigenvalue weighted by Gasteiger charge is 2.54. The zero-order chi connectivity index (χ0) is 23.9. The molecule has 0 bridgehead atoms. The maximum Gasteiger partial charge on any atom is 0.281 e. The summed E-state index contributed by atoms with van der Waals surface area (Å²) in [5, 5.41) is 15.3. The number of quaternary nitrogens is 1. The van der Waals surface area contributed by atoms with E-state index >= 15 is 0 Å². The first kappa shape index (κ1) is 24.9. The monoisotopic (exact) mass is 495 g/mol. The Morgan fingerprint density at radius 2 is 2.03 bits per heavy atom. The Bertz CT molecular complexity index is 885. The van der Waals surface area contributed by atoms with Gasteiger partial charge in [0.05, 0.1) is 25.9 Å². The van der Waals surface area contributed by atoms with Crippen LogP contribution in [0.2, 0.25) is 0 Å². The molecular weight excluding hydrogens is 456 g/mol. The molecule has 1 aromatic heterocycles. The standard InChI is InChI=1S/C24H38N4O3S2/c1-14(22(31)28-8-10-32-11-9-28)16-6-7-24(3)12-17-20(15(2)19(24)21(16)30)26-23(33-17)25-18(29)13-27(4)5/h14-16,19,21,30H,6-13H2,1-5H3,(H,25,26,29)/p+1/t14-,15-,16-,19+,21-,24-/m0/s1. The van der Waals surface area contributed by atoms with Gasteiger partial charge in [0, 0.05) is 41.3 Å². The van der Waals surface area contributed by atoms with Crippen molar-refractivity contribution in [2.75, 3.05) is 50.6 Å². The predicted molar refractivity (Wildman–Crippen MR) is 134 cm³/mol. The van der Waals surface area contributed by atoms with E-state index in [1.54, 1.807) is 11.3 Å². The van der Waals surface area contributed by atoms with Crippen LogP contribution in [0.3, 0.4) is 0 Å². The molecule has 1 aromatic rings. The number of nitrogens with zero attached hydrogens (tertiary/aromatic N) is 2. The van der Waals surface area contributed by atoms with E-state index in [9.17, 15) is 14.7 Å². The van der Waals surface area contributed by atoms with Crippen molar-refractivity contribution < 1.29 is 19.6 Å². The molecule has 4 rings (SSSR count). The number of carbonyl (C=O) groups is 2. The summed E-state index contributed by atoms with van der Waals surface area (Å²) in [6.45, 7) is 8.51. The molecule has 9 heteroatoms. The molecule has 33 heavy (non-hydrogen) atoms. The average Bonchev–Trinajstić information content (AvgIpc) is 3.14. The Kier molecular flexibility index (Phi) is 7.44. The van der Waals surface area contributed by atoms with Gasteiger partial charge in [0.15, 0.2) is 11.7 Å². The number of thioether (sulfide) groups is 1. The normalized spacial score (nSPS) is 32.8. The maximum absolute atomic E-state index is 13.2. The number of fused-ring (bicyclic) bond motifs is 2. The second kappa shape index (κ2) is 9.84. The summed E-state index contributed by atoms with van der Waals surface area (Å²) in [4.78, 5) is 34.6. The first-order valence-electron chi connectivity index (χ1n) is 12.2. The summed E-state index contributed by atoms with van der Waals surface area (Å²) in [6.07, 6.45) is 2.22. The highest BCUT2D eigenvalue weighted by molar-refractivity contribution is 7.99. The van der Waals surface area contributed by atoms with E-state index in [4.69, 9.17) is 4.98 Å². The van der Waals surface area contributed by atoms with Crippen LogP contribution in [0, 0.1) is 23.2 Å². The smallest absolute Gasteiger partial charge is 0.281 e. The summed E-state index contributed by atoms with van der Waals surface area (Å²) in [5.74, 6) is 2.15. The fraction of sp³-hybridized carbons (Fsp3) is 0.792. The van der Waals surface area contributed by atoms with Gasteiger partial charge in [-0.15, -0.1) is 11.3 Å². The Labute approximate surface area is 205 Å². The van der Waals surface area contributed by atoms with E-state index < -0.39 is 6.10 Å². The molecule has 2 heterocycles. The average molecular weight is 496 g/mol. The number of hydrogen-bond acceptors (Lipinski definition) is 6. The lowest BCUT2D eigenvalue weighted by Gasteiger charge is -2.53. The van der Waals surface area contributed by atoms with Gasteiger partial charge in [-0.2, -0.15) is 11.8 Å². The van der Waals surface area contributed by atoms with Gasteiger partial charge in [-0.25, -0.2) is 4.98 Å². The molecule has 2 fully saturated rings. The van der Waals surface area contributed by atoms with Crippen LogP contribution in [0.1, 0.15) is 50.1 Å².